The van der Waals surface area contributed by atoms with Crippen molar-refractivity contribution in [2.45, 2.75) is 18.6 Å². The third kappa shape index (κ3) is 1.92. The molecule has 0 saturated carbocycles. The van der Waals surface area contributed by atoms with E-state index in [1.165, 1.54) is 18.2 Å². The zero-order valence-corrected chi connectivity index (χ0v) is 7.80. The van der Waals surface area contributed by atoms with Crippen LogP contribution in [-0.2, 0) is 6.54 Å². The Morgan fingerprint density at radius 1 is 1.33 bits per heavy atom. The molecule has 1 aliphatic rings. The van der Waals surface area contributed by atoms with Gasteiger partial charge in [0.15, 0.2) is 0 Å². The molecule has 1 unspecified atom stereocenters. The molecule has 0 aromatic heterocycles. The molecule has 1 aromatic carbocycles. The van der Waals surface area contributed by atoms with E-state index in [0.29, 0.717) is 12.1 Å². The Morgan fingerprint density at radius 3 is 2.73 bits per heavy atom. The molecule has 1 aromatic rings. The van der Waals surface area contributed by atoms with Crippen molar-refractivity contribution in [3.05, 3.63) is 29.3 Å². The van der Waals surface area contributed by atoms with Gasteiger partial charge in [-0.15, -0.1) is 0 Å². The number of phenolic OH excluding ortho intramolecular Hbond substituents is 1. The number of fused-ring (bicyclic) bond motifs is 1. The molecular weight excluding hydrogens is 207 g/mol. The van der Waals surface area contributed by atoms with Crippen LogP contribution in [0.4, 0.5) is 13.2 Å². The van der Waals surface area contributed by atoms with E-state index in [1.807, 2.05) is 0 Å². The molecule has 15 heavy (non-hydrogen) atoms. The molecule has 0 amide bonds. The molecule has 0 fully saturated rings. The smallest absolute Gasteiger partial charge is 0.396 e. The summed E-state index contributed by atoms with van der Waals surface area (Å²) < 4.78 is 37.9. The van der Waals surface area contributed by atoms with Crippen molar-refractivity contribution in [2.75, 3.05) is 6.54 Å². The topological polar surface area (TPSA) is 32.3 Å². The fourth-order valence-electron chi connectivity index (χ4n) is 1.84. The summed E-state index contributed by atoms with van der Waals surface area (Å²) in [6.07, 6.45) is -4.24. The van der Waals surface area contributed by atoms with E-state index >= 15 is 0 Å². The van der Waals surface area contributed by atoms with Crippen molar-refractivity contribution in [2.24, 2.45) is 0 Å². The molecule has 5 heteroatoms. The Kier molecular flexibility index (Phi) is 2.34. The van der Waals surface area contributed by atoms with Crippen LogP contribution in [0.2, 0.25) is 0 Å². The fraction of sp³-hybridized carbons (Fsp3) is 0.400. The third-order valence-corrected chi connectivity index (χ3v) is 2.56. The van der Waals surface area contributed by atoms with Gasteiger partial charge in [-0.1, -0.05) is 6.07 Å². The highest BCUT2D eigenvalue weighted by atomic mass is 19.4. The molecule has 1 aliphatic heterocycles. The van der Waals surface area contributed by atoms with Crippen LogP contribution in [0.3, 0.4) is 0 Å². The second-order valence-electron chi connectivity index (χ2n) is 3.61. The molecular formula is C10H10F3NO. The molecule has 2 nitrogen and oxygen atoms in total. The average molecular weight is 217 g/mol. The fourth-order valence-corrected chi connectivity index (χ4v) is 1.84. The molecule has 0 bridgehead atoms. The van der Waals surface area contributed by atoms with Crippen molar-refractivity contribution in [3.63, 3.8) is 0 Å². The van der Waals surface area contributed by atoms with Crippen LogP contribution in [-0.4, -0.2) is 17.8 Å². The maximum Gasteiger partial charge on any atom is 0.396 e. The highest BCUT2D eigenvalue weighted by Crippen LogP contribution is 2.38. The molecule has 2 rings (SSSR count). The Balaban J connectivity index is 2.43. The lowest BCUT2D eigenvalue weighted by molar-refractivity contribution is -0.150. The van der Waals surface area contributed by atoms with Crippen molar-refractivity contribution in [1.29, 1.82) is 0 Å². The number of aromatic hydroxyl groups is 1. The van der Waals surface area contributed by atoms with Gasteiger partial charge in [-0.2, -0.15) is 13.2 Å². The van der Waals surface area contributed by atoms with E-state index in [1.54, 1.807) is 0 Å². The Bertz CT molecular complexity index is 375. The summed E-state index contributed by atoms with van der Waals surface area (Å²) in [5, 5.41) is 11.9. The van der Waals surface area contributed by atoms with Crippen LogP contribution < -0.4 is 5.32 Å². The van der Waals surface area contributed by atoms with E-state index in [2.05, 4.69) is 5.32 Å². The summed E-state index contributed by atoms with van der Waals surface area (Å²) in [7, 11) is 0. The maximum atomic E-state index is 12.6. The van der Waals surface area contributed by atoms with E-state index < -0.39 is 12.1 Å². The summed E-state index contributed by atoms with van der Waals surface area (Å²) >= 11 is 0. The molecule has 0 spiro atoms. The van der Waals surface area contributed by atoms with Gasteiger partial charge in [0, 0.05) is 13.1 Å². The van der Waals surface area contributed by atoms with Crippen LogP contribution in [0, 0.1) is 0 Å². The minimum absolute atomic E-state index is 0.00151. The first kappa shape index (κ1) is 10.3. The number of rotatable bonds is 0. The summed E-state index contributed by atoms with van der Waals surface area (Å²) in [5.41, 5.74) is 0.780. The first-order valence-corrected chi connectivity index (χ1v) is 4.57. The highest BCUT2D eigenvalue weighted by Gasteiger charge is 2.42. The summed E-state index contributed by atoms with van der Waals surface area (Å²) in [6.45, 7) is 0.275. The standard InChI is InChI=1S/C10H10F3NO/c11-10(12,13)9-5-14-4-6-3-7(15)1-2-8(6)9/h1-3,9,14-15H,4-5H2. The van der Waals surface area contributed by atoms with Gasteiger partial charge in [-0.25, -0.2) is 0 Å². The average Bonchev–Trinajstić information content (AvgIpc) is 2.15. The lowest BCUT2D eigenvalue weighted by atomic mass is 9.90. The van der Waals surface area contributed by atoms with Gasteiger partial charge in [-0.3, -0.25) is 0 Å². The number of phenols is 1. The third-order valence-electron chi connectivity index (χ3n) is 2.56. The molecule has 0 radical (unpaired) electrons. The summed E-state index contributed by atoms with van der Waals surface area (Å²) in [6, 6.07) is 4.02. The summed E-state index contributed by atoms with van der Waals surface area (Å²) in [4.78, 5) is 0. The predicted molar refractivity (Wildman–Crippen MR) is 48.6 cm³/mol. The zero-order chi connectivity index (χ0) is 11.1. The second kappa shape index (κ2) is 3.41. The molecule has 82 valence electrons. The Morgan fingerprint density at radius 2 is 2.07 bits per heavy atom. The minimum atomic E-state index is -4.24. The van der Waals surface area contributed by atoms with Crippen molar-refractivity contribution in [1.82, 2.24) is 5.32 Å². The van der Waals surface area contributed by atoms with E-state index in [9.17, 15) is 13.2 Å². The number of hydrogen-bond donors (Lipinski definition) is 2. The largest absolute Gasteiger partial charge is 0.508 e. The monoisotopic (exact) mass is 217 g/mol. The number of benzene rings is 1. The second-order valence-corrected chi connectivity index (χ2v) is 3.61. The van der Waals surface area contributed by atoms with Gasteiger partial charge in [0.05, 0.1) is 5.92 Å². The molecule has 1 heterocycles. The van der Waals surface area contributed by atoms with Crippen molar-refractivity contribution < 1.29 is 18.3 Å². The van der Waals surface area contributed by atoms with Gasteiger partial charge < -0.3 is 10.4 Å². The highest BCUT2D eigenvalue weighted by molar-refractivity contribution is 5.39. The molecule has 1 atom stereocenters. The van der Waals surface area contributed by atoms with Crippen LogP contribution in [0.15, 0.2) is 18.2 Å². The predicted octanol–water partition coefficient (Wildman–Crippen LogP) is 2.14. The number of hydrogen-bond acceptors (Lipinski definition) is 2. The van der Waals surface area contributed by atoms with Gasteiger partial charge in [0.25, 0.3) is 0 Å². The van der Waals surface area contributed by atoms with E-state index in [0.717, 1.165) is 0 Å². The zero-order valence-electron chi connectivity index (χ0n) is 7.80. The van der Waals surface area contributed by atoms with Gasteiger partial charge >= 0.3 is 6.18 Å². The molecule has 2 N–H and O–H groups in total. The van der Waals surface area contributed by atoms with Crippen molar-refractivity contribution >= 4 is 0 Å². The first-order chi connectivity index (χ1) is 6.98. The van der Waals surface area contributed by atoms with Crippen LogP contribution >= 0.6 is 0 Å². The van der Waals surface area contributed by atoms with Gasteiger partial charge in [0.1, 0.15) is 5.75 Å². The summed E-state index contributed by atoms with van der Waals surface area (Å²) in [5.74, 6) is -1.47. The Labute approximate surface area is 84.7 Å². The van der Waals surface area contributed by atoms with Gasteiger partial charge in [-0.05, 0) is 23.3 Å². The van der Waals surface area contributed by atoms with E-state index in [4.69, 9.17) is 5.11 Å². The Hall–Kier alpha value is -1.23. The number of halogens is 3. The maximum absolute atomic E-state index is 12.6. The van der Waals surface area contributed by atoms with Crippen molar-refractivity contribution in [3.8, 4) is 5.75 Å². The van der Waals surface area contributed by atoms with Crippen LogP contribution in [0.1, 0.15) is 17.0 Å². The lowest BCUT2D eigenvalue weighted by Crippen LogP contribution is -2.36. The van der Waals surface area contributed by atoms with Gasteiger partial charge in [0.2, 0.25) is 0 Å². The lowest BCUT2D eigenvalue weighted by Gasteiger charge is -2.28. The molecule has 0 aliphatic carbocycles. The van der Waals surface area contributed by atoms with Crippen LogP contribution in [0.25, 0.3) is 0 Å². The minimum Gasteiger partial charge on any atom is -0.508 e. The number of alkyl halides is 3. The van der Waals surface area contributed by atoms with Crippen LogP contribution in [0.5, 0.6) is 5.75 Å². The number of nitrogens with one attached hydrogen (secondary N) is 1. The normalized spacial score (nSPS) is 21.1. The quantitative estimate of drug-likeness (QED) is 0.697. The SMILES string of the molecule is Oc1ccc2c(c1)CNCC2C(F)(F)F. The molecule has 0 saturated heterocycles. The first-order valence-electron chi connectivity index (χ1n) is 4.57. The van der Waals surface area contributed by atoms with E-state index in [-0.39, 0.29) is 17.9 Å².